The molecule has 8 nitrogen and oxygen atoms in total. The highest BCUT2D eigenvalue weighted by Crippen LogP contribution is 2.23. The smallest absolute Gasteiger partial charge is 0.280 e. The number of carbonyl (C=O) groups excluding carboxylic acids is 2. The number of nitrogens with zero attached hydrogens (tertiary/aromatic N) is 2. The van der Waals surface area contributed by atoms with Crippen LogP contribution in [0.5, 0.6) is 5.75 Å². The predicted octanol–water partition coefficient (Wildman–Crippen LogP) is 1.17. The van der Waals surface area contributed by atoms with Gasteiger partial charge in [0, 0.05) is 37.7 Å². The summed E-state index contributed by atoms with van der Waals surface area (Å²) in [5.41, 5.74) is 0.452. The molecule has 1 aromatic carbocycles. The second kappa shape index (κ2) is 7.47. The molecule has 0 bridgehead atoms. The Morgan fingerprint density at radius 3 is 2.62 bits per heavy atom. The Kier molecular flexibility index (Phi) is 5.11. The van der Waals surface area contributed by atoms with Crippen LogP contribution in [0.4, 0.5) is 5.69 Å². The lowest BCUT2D eigenvalue weighted by Gasteiger charge is -2.39. The number of piperazine rings is 1. The van der Waals surface area contributed by atoms with Crippen LogP contribution in [0.2, 0.25) is 0 Å². The second-order valence-corrected chi connectivity index (χ2v) is 6.13. The summed E-state index contributed by atoms with van der Waals surface area (Å²) in [5, 5.41) is 2.19. The summed E-state index contributed by atoms with van der Waals surface area (Å²) < 4.78 is 10.1. The first-order valence-corrected chi connectivity index (χ1v) is 8.42. The number of amides is 2. The molecular formula is C18H21N3O5. The standard InChI is InChI=1S/C18H21N3O5/c1-12-18(24)21(13-3-5-14(25-2)6-4-13)10-9-20(12)17(23)8-7-15-11-16(22)19-26-15/h3-6,11-12H,7-10H2,1-2H3,(H,19,22). The maximum Gasteiger partial charge on any atom is 0.280 e. The number of nitrogens with one attached hydrogen (secondary N) is 1. The van der Waals surface area contributed by atoms with Gasteiger partial charge in [-0.05, 0) is 31.2 Å². The van der Waals surface area contributed by atoms with E-state index < -0.39 is 6.04 Å². The van der Waals surface area contributed by atoms with Crippen molar-refractivity contribution in [3.8, 4) is 5.75 Å². The molecule has 0 aliphatic carbocycles. The van der Waals surface area contributed by atoms with Crippen molar-refractivity contribution >= 4 is 17.5 Å². The van der Waals surface area contributed by atoms with Crippen molar-refractivity contribution in [1.29, 1.82) is 0 Å². The van der Waals surface area contributed by atoms with E-state index in [0.29, 0.717) is 25.3 Å². The average molecular weight is 359 g/mol. The maximum atomic E-state index is 12.7. The number of aromatic nitrogens is 1. The molecule has 0 radical (unpaired) electrons. The summed E-state index contributed by atoms with van der Waals surface area (Å²) in [5.74, 6) is 0.894. The van der Waals surface area contributed by atoms with Gasteiger partial charge in [0.2, 0.25) is 11.8 Å². The maximum absolute atomic E-state index is 12.7. The monoisotopic (exact) mass is 359 g/mol. The Hall–Kier alpha value is -3.03. The van der Waals surface area contributed by atoms with Crippen LogP contribution in [0.15, 0.2) is 39.6 Å². The molecule has 0 saturated carbocycles. The van der Waals surface area contributed by atoms with Crippen molar-refractivity contribution in [2.45, 2.75) is 25.8 Å². The van der Waals surface area contributed by atoms with Crippen molar-refractivity contribution in [2.75, 3.05) is 25.1 Å². The molecule has 2 heterocycles. The molecule has 1 aromatic heterocycles. The van der Waals surface area contributed by atoms with Gasteiger partial charge >= 0.3 is 0 Å². The van der Waals surface area contributed by atoms with Crippen LogP contribution in [0.1, 0.15) is 19.1 Å². The highest BCUT2D eigenvalue weighted by Gasteiger charge is 2.34. The van der Waals surface area contributed by atoms with Crippen LogP contribution < -0.4 is 15.2 Å². The van der Waals surface area contributed by atoms with Gasteiger partial charge in [0.1, 0.15) is 17.6 Å². The molecule has 1 aliphatic heterocycles. The van der Waals surface area contributed by atoms with E-state index in [1.165, 1.54) is 6.07 Å². The Morgan fingerprint density at radius 2 is 2.00 bits per heavy atom. The summed E-state index contributed by atoms with van der Waals surface area (Å²) in [7, 11) is 1.59. The summed E-state index contributed by atoms with van der Waals surface area (Å²) in [6.45, 7) is 2.61. The zero-order valence-corrected chi connectivity index (χ0v) is 14.7. The molecule has 26 heavy (non-hydrogen) atoms. The Morgan fingerprint density at radius 1 is 1.27 bits per heavy atom. The molecule has 1 fully saturated rings. The van der Waals surface area contributed by atoms with Crippen molar-refractivity contribution in [3.05, 3.63) is 46.4 Å². The number of carbonyl (C=O) groups is 2. The molecule has 1 N–H and O–H groups in total. The normalized spacial score (nSPS) is 17.5. The molecule has 8 heteroatoms. The molecule has 1 unspecified atom stereocenters. The lowest BCUT2D eigenvalue weighted by atomic mass is 10.1. The quantitative estimate of drug-likeness (QED) is 0.865. The number of H-pyrrole nitrogens is 1. The minimum Gasteiger partial charge on any atom is -0.497 e. The number of hydrogen-bond donors (Lipinski definition) is 1. The minimum absolute atomic E-state index is 0.122. The van der Waals surface area contributed by atoms with E-state index in [1.54, 1.807) is 36.0 Å². The van der Waals surface area contributed by atoms with Gasteiger partial charge in [-0.15, -0.1) is 0 Å². The van der Waals surface area contributed by atoms with Crippen molar-refractivity contribution in [2.24, 2.45) is 0 Å². The van der Waals surface area contributed by atoms with E-state index in [-0.39, 0.29) is 23.8 Å². The molecule has 0 spiro atoms. The SMILES string of the molecule is COc1ccc(N2CCN(C(=O)CCc3cc(=O)[nH]o3)C(C)C2=O)cc1. The molecular weight excluding hydrogens is 338 g/mol. The van der Waals surface area contributed by atoms with E-state index in [9.17, 15) is 14.4 Å². The average Bonchev–Trinajstić information content (AvgIpc) is 3.07. The first-order chi connectivity index (χ1) is 12.5. The van der Waals surface area contributed by atoms with Gasteiger partial charge in [0.25, 0.3) is 5.56 Å². The number of benzene rings is 1. The third kappa shape index (κ3) is 3.63. The fourth-order valence-corrected chi connectivity index (χ4v) is 3.05. The molecule has 138 valence electrons. The van der Waals surface area contributed by atoms with Gasteiger partial charge in [0.05, 0.1) is 7.11 Å². The fourth-order valence-electron chi connectivity index (χ4n) is 3.05. The van der Waals surface area contributed by atoms with Gasteiger partial charge in [-0.2, -0.15) is 5.16 Å². The number of aromatic amines is 1. The Labute approximate surface area is 150 Å². The van der Waals surface area contributed by atoms with Crippen LogP contribution in [0, 0.1) is 0 Å². The largest absolute Gasteiger partial charge is 0.497 e. The van der Waals surface area contributed by atoms with Crippen LogP contribution in [-0.4, -0.2) is 48.1 Å². The fraction of sp³-hybridized carbons (Fsp3) is 0.389. The predicted molar refractivity (Wildman–Crippen MR) is 94.2 cm³/mol. The Bertz CT molecular complexity index is 839. The number of anilines is 1. The van der Waals surface area contributed by atoms with E-state index in [2.05, 4.69) is 5.16 Å². The van der Waals surface area contributed by atoms with Crippen LogP contribution in [0.3, 0.4) is 0 Å². The van der Waals surface area contributed by atoms with Crippen LogP contribution >= 0.6 is 0 Å². The number of methoxy groups -OCH3 is 1. The van der Waals surface area contributed by atoms with Crippen molar-refractivity contribution in [1.82, 2.24) is 10.1 Å². The number of rotatable bonds is 5. The summed E-state index contributed by atoms with van der Waals surface area (Å²) in [4.78, 5) is 39.5. The third-order valence-electron chi connectivity index (χ3n) is 4.52. The summed E-state index contributed by atoms with van der Waals surface area (Å²) in [6.07, 6.45) is 0.498. The van der Waals surface area contributed by atoms with Gasteiger partial charge in [-0.25, -0.2) is 0 Å². The zero-order valence-electron chi connectivity index (χ0n) is 14.7. The summed E-state index contributed by atoms with van der Waals surface area (Å²) >= 11 is 0. The van der Waals surface area contributed by atoms with Crippen LogP contribution in [0.25, 0.3) is 0 Å². The number of aryl methyl sites for hydroxylation is 1. The molecule has 1 aliphatic rings. The van der Waals surface area contributed by atoms with E-state index in [4.69, 9.17) is 9.26 Å². The highest BCUT2D eigenvalue weighted by molar-refractivity contribution is 6.00. The highest BCUT2D eigenvalue weighted by atomic mass is 16.5. The van der Waals surface area contributed by atoms with Crippen LogP contribution in [-0.2, 0) is 16.0 Å². The first kappa shape index (κ1) is 17.8. The topological polar surface area (TPSA) is 95.8 Å². The first-order valence-electron chi connectivity index (χ1n) is 8.42. The molecule has 1 saturated heterocycles. The molecule has 3 rings (SSSR count). The molecule has 2 amide bonds. The zero-order chi connectivity index (χ0) is 18.7. The van der Waals surface area contributed by atoms with E-state index in [1.807, 2.05) is 12.1 Å². The Balaban J connectivity index is 1.62. The van der Waals surface area contributed by atoms with Gasteiger partial charge in [0.15, 0.2) is 0 Å². The van der Waals surface area contributed by atoms with Gasteiger partial charge < -0.3 is 19.1 Å². The minimum atomic E-state index is -0.545. The van der Waals surface area contributed by atoms with Gasteiger partial charge in [-0.1, -0.05) is 0 Å². The second-order valence-electron chi connectivity index (χ2n) is 6.13. The van der Waals surface area contributed by atoms with Crippen molar-refractivity contribution in [3.63, 3.8) is 0 Å². The van der Waals surface area contributed by atoms with Gasteiger partial charge in [-0.3, -0.25) is 14.4 Å². The van der Waals surface area contributed by atoms with E-state index >= 15 is 0 Å². The summed E-state index contributed by atoms with van der Waals surface area (Å²) in [6, 6.07) is 8.04. The van der Waals surface area contributed by atoms with Crippen molar-refractivity contribution < 1.29 is 18.8 Å². The van der Waals surface area contributed by atoms with E-state index in [0.717, 1.165) is 11.4 Å². The lowest BCUT2D eigenvalue weighted by molar-refractivity contribution is -0.140. The lowest BCUT2D eigenvalue weighted by Crippen LogP contribution is -2.57. The number of ether oxygens (including phenoxy) is 1. The molecule has 1 atom stereocenters. The third-order valence-corrected chi connectivity index (χ3v) is 4.52. The number of hydrogen-bond acceptors (Lipinski definition) is 5. The molecule has 2 aromatic rings.